The SMILES string of the molecule is COc1cc2c(N(C(N)=O)c3c(Cl)cccc3Cl)ncnc2cc1OC(C)C1CCNCC1. The number of nitrogens with zero attached hydrogens (tertiary/aromatic N) is 3. The number of ether oxygens (including phenoxy) is 2. The van der Waals surface area contributed by atoms with Crippen LogP contribution in [0.25, 0.3) is 10.9 Å². The topological polar surface area (TPSA) is 103 Å². The molecular formula is C23H25Cl2N5O3. The monoisotopic (exact) mass is 489 g/mol. The third kappa shape index (κ3) is 4.78. The maximum absolute atomic E-state index is 12.5. The molecule has 2 aromatic carbocycles. The van der Waals surface area contributed by atoms with Crippen molar-refractivity contribution in [2.75, 3.05) is 25.1 Å². The highest BCUT2D eigenvalue weighted by atomic mass is 35.5. The number of hydrogen-bond acceptors (Lipinski definition) is 6. The number of hydrogen-bond donors (Lipinski definition) is 2. The molecular weight excluding hydrogens is 465 g/mol. The van der Waals surface area contributed by atoms with Crippen molar-refractivity contribution in [2.24, 2.45) is 11.7 Å². The average molecular weight is 490 g/mol. The number of carbonyl (C=O) groups excluding carboxylic acids is 1. The number of methoxy groups -OCH3 is 1. The maximum Gasteiger partial charge on any atom is 0.325 e. The van der Waals surface area contributed by atoms with E-state index in [4.69, 9.17) is 38.4 Å². The first kappa shape index (κ1) is 23.4. The number of urea groups is 1. The van der Waals surface area contributed by atoms with Crippen molar-refractivity contribution in [3.8, 4) is 11.5 Å². The van der Waals surface area contributed by atoms with Gasteiger partial charge >= 0.3 is 6.03 Å². The molecule has 8 nitrogen and oxygen atoms in total. The number of aromatic nitrogens is 2. The fraction of sp³-hybridized carbons (Fsp3) is 0.348. The van der Waals surface area contributed by atoms with Crippen molar-refractivity contribution in [1.29, 1.82) is 0 Å². The number of carbonyl (C=O) groups is 1. The number of amides is 2. The van der Waals surface area contributed by atoms with Crippen molar-refractivity contribution in [2.45, 2.75) is 25.9 Å². The summed E-state index contributed by atoms with van der Waals surface area (Å²) in [6.07, 6.45) is 3.46. The van der Waals surface area contributed by atoms with Crippen LogP contribution in [0.5, 0.6) is 11.5 Å². The molecule has 1 aromatic heterocycles. The molecule has 0 saturated carbocycles. The van der Waals surface area contributed by atoms with E-state index in [-0.39, 0.29) is 27.7 Å². The number of para-hydroxylation sites is 1. The van der Waals surface area contributed by atoms with E-state index in [9.17, 15) is 4.79 Å². The van der Waals surface area contributed by atoms with Gasteiger partial charge in [0.2, 0.25) is 0 Å². The summed E-state index contributed by atoms with van der Waals surface area (Å²) in [5, 5.41) is 4.42. The van der Waals surface area contributed by atoms with E-state index in [1.807, 2.05) is 0 Å². The van der Waals surface area contributed by atoms with Crippen molar-refractivity contribution >= 4 is 51.6 Å². The van der Waals surface area contributed by atoms with E-state index in [0.717, 1.165) is 25.9 Å². The van der Waals surface area contributed by atoms with E-state index in [1.165, 1.54) is 11.2 Å². The van der Waals surface area contributed by atoms with E-state index < -0.39 is 6.03 Å². The van der Waals surface area contributed by atoms with Gasteiger partial charge in [-0.15, -0.1) is 0 Å². The Morgan fingerprint density at radius 2 is 1.88 bits per heavy atom. The second-order valence-corrected chi connectivity index (χ2v) is 8.69. The van der Waals surface area contributed by atoms with Gasteiger partial charge < -0.3 is 20.5 Å². The van der Waals surface area contributed by atoms with Crippen molar-refractivity contribution in [1.82, 2.24) is 15.3 Å². The highest BCUT2D eigenvalue weighted by molar-refractivity contribution is 6.40. The third-order valence-electron chi connectivity index (χ3n) is 5.85. The smallest absolute Gasteiger partial charge is 0.325 e. The first-order valence-corrected chi connectivity index (χ1v) is 11.4. The Morgan fingerprint density at radius 1 is 1.18 bits per heavy atom. The minimum atomic E-state index is -0.788. The minimum Gasteiger partial charge on any atom is -0.493 e. The molecule has 2 heterocycles. The summed E-state index contributed by atoms with van der Waals surface area (Å²) in [6.45, 7) is 4.04. The van der Waals surface area contributed by atoms with Gasteiger partial charge in [0.15, 0.2) is 17.3 Å². The lowest BCUT2D eigenvalue weighted by molar-refractivity contribution is 0.124. The molecule has 33 heavy (non-hydrogen) atoms. The Labute approximate surface area is 202 Å². The zero-order valence-corrected chi connectivity index (χ0v) is 19.9. The number of anilines is 2. The molecule has 1 unspecified atom stereocenters. The normalized spacial score (nSPS) is 15.3. The number of rotatable bonds is 6. The zero-order valence-electron chi connectivity index (χ0n) is 18.3. The van der Waals surface area contributed by atoms with E-state index in [0.29, 0.717) is 28.3 Å². The van der Waals surface area contributed by atoms with Crippen LogP contribution in [0.4, 0.5) is 16.3 Å². The van der Waals surface area contributed by atoms with Crippen LogP contribution < -0.4 is 25.4 Å². The molecule has 10 heteroatoms. The lowest BCUT2D eigenvalue weighted by Crippen LogP contribution is -2.35. The summed E-state index contributed by atoms with van der Waals surface area (Å²) in [6, 6.07) is 7.65. The lowest BCUT2D eigenvalue weighted by atomic mass is 9.93. The first-order valence-electron chi connectivity index (χ1n) is 10.6. The Kier molecular flexibility index (Phi) is 7.07. The minimum absolute atomic E-state index is 0.00353. The summed E-state index contributed by atoms with van der Waals surface area (Å²) >= 11 is 12.7. The standard InChI is InChI=1S/C23H25Cl2N5O3/c1-13(14-6-8-27-9-7-14)33-20-11-18-15(10-19(20)32-2)22(29-12-28-18)30(23(26)31)21-16(24)4-3-5-17(21)25/h3-5,10-14,27H,6-9H2,1-2H3,(H2,26,31). The van der Waals surface area contributed by atoms with Gasteiger partial charge in [0, 0.05) is 11.5 Å². The number of nitrogens with one attached hydrogen (secondary N) is 1. The molecule has 1 fully saturated rings. The quantitative estimate of drug-likeness (QED) is 0.508. The Morgan fingerprint density at radius 3 is 2.52 bits per heavy atom. The molecule has 2 amide bonds. The van der Waals surface area contributed by atoms with Gasteiger partial charge in [-0.25, -0.2) is 19.7 Å². The van der Waals surface area contributed by atoms with Gasteiger partial charge in [0.05, 0.1) is 34.5 Å². The Hall–Kier alpha value is -2.81. The molecule has 1 atom stereocenters. The molecule has 1 aliphatic rings. The molecule has 1 aliphatic heterocycles. The van der Waals surface area contributed by atoms with Crippen LogP contribution in [0.2, 0.25) is 10.0 Å². The predicted octanol–water partition coefficient (Wildman–Crippen LogP) is 4.93. The molecule has 0 spiro atoms. The molecule has 1 saturated heterocycles. The molecule has 174 valence electrons. The first-order chi connectivity index (χ1) is 15.9. The fourth-order valence-electron chi connectivity index (χ4n) is 4.11. The van der Waals surface area contributed by atoms with Crippen molar-refractivity contribution in [3.63, 3.8) is 0 Å². The summed E-state index contributed by atoms with van der Waals surface area (Å²) < 4.78 is 11.9. The van der Waals surface area contributed by atoms with Crippen molar-refractivity contribution in [3.05, 3.63) is 46.7 Å². The number of halogens is 2. The summed E-state index contributed by atoms with van der Waals surface area (Å²) in [4.78, 5) is 22.4. The van der Waals surface area contributed by atoms with Gasteiger partial charge in [-0.1, -0.05) is 29.3 Å². The molecule has 0 radical (unpaired) electrons. The molecule has 4 rings (SSSR count). The molecule has 0 aliphatic carbocycles. The lowest BCUT2D eigenvalue weighted by Gasteiger charge is -2.29. The van der Waals surface area contributed by atoms with Gasteiger partial charge in [0.1, 0.15) is 6.33 Å². The van der Waals surface area contributed by atoms with Gasteiger partial charge in [-0.2, -0.15) is 0 Å². The predicted molar refractivity (Wildman–Crippen MR) is 130 cm³/mol. The van der Waals surface area contributed by atoms with E-state index in [2.05, 4.69) is 22.2 Å². The fourth-order valence-corrected chi connectivity index (χ4v) is 4.68. The Bertz CT molecular complexity index is 1150. The van der Waals surface area contributed by atoms with Crippen LogP contribution in [-0.4, -0.2) is 42.3 Å². The van der Waals surface area contributed by atoms with E-state index >= 15 is 0 Å². The zero-order chi connectivity index (χ0) is 23.5. The number of fused-ring (bicyclic) bond motifs is 1. The van der Waals surface area contributed by atoms with Gasteiger partial charge in [-0.05, 0) is 57.0 Å². The largest absolute Gasteiger partial charge is 0.493 e. The molecule has 3 aromatic rings. The van der Waals surface area contributed by atoms with Crippen LogP contribution in [0.15, 0.2) is 36.7 Å². The maximum atomic E-state index is 12.5. The van der Waals surface area contributed by atoms with Crippen LogP contribution in [0.3, 0.4) is 0 Å². The highest BCUT2D eigenvalue weighted by Gasteiger charge is 2.26. The van der Waals surface area contributed by atoms with E-state index in [1.54, 1.807) is 37.4 Å². The summed E-state index contributed by atoms with van der Waals surface area (Å²) in [5.74, 6) is 1.75. The summed E-state index contributed by atoms with van der Waals surface area (Å²) in [7, 11) is 1.56. The van der Waals surface area contributed by atoms with Gasteiger partial charge in [-0.3, -0.25) is 0 Å². The van der Waals surface area contributed by atoms with Crippen LogP contribution in [-0.2, 0) is 0 Å². The number of piperidine rings is 1. The second-order valence-electron chi connectivity index (χ2n) is 7.87. The van der Waals surface area contributed by atoms with Crippen LogP contribution >= 0.6 is 23.2 Å². The van der Waals surface area contributed by atoms with Crippen molar-refractivity contribution < 1.29 is 14.3 Å². The summed E-state index contributed by atoms with van der Waals surface area (Å²) in [5.41, 5.74) is 6.53. The second kappa shape index (κ2) is 9.99. The van der Waals surface area contributed by atoms with Gasteiger partial charge in [0.25, 0.3) is 0 Å². The number of benzene rings is 2. The Balaban J connectivity index is 1.78. The molecule has 0 bridgehead atoms. The number of primary amides is 1. The third-order valence-corrected chi connectivity index (χ3v) is 6.46. The highest BCUT2D eigenvalue weighted by Crippen LogP contribution is 2.41. The van der Waals surface area contributed by atoms with Crippen LogP contribution in [0.1, 0.15) is 19.8 Å². The molecule has 3 N–H and O–H groups in total. The average Bonchev–Trinajstić information content (AvgIpc) is 2.81. The number of nitrogens with two attached hydrogens (primary N) is 1. The van der Waals surface area contributed by atoms with Crippen LogP contribution in [0, 0.1) is 5.92 Å².